The molecule has 0 radical (unpaired) electrons. The fourth-order valence-corrected chi connectivity index (χ4v) is 0.273. The van der Waals surface area contributed by atoms with Crippen molar-refractivity contribution in [2.45, 2.75) is 20.3 Å². The summed E-state index contributed by atoms with van der Waals surface area (Å²) in [5.41, 5.74) is 0.926. The number of carboxylic acid groups (broad SMARTS) is 1. The molecule has 0 fully saturated rings. The number of aromatic nitrogens is 1. The van der Waals surface area contributed by atoms with Crippen LogP contribution >= 0.6 is 0 Å². The van der Waals surface area contributed by atoms with Crippen LogP contribution in [0.15, 0.2) is 16.9 Å². The summed E-state index contributed by atoms with van der Waals surface area (Å²) in [6.07, 6.45) is 1.77. The van der Waals surface area contributed by atoms with Gasteiger partial charge in [0.15, 0.2) is 0 Å². The second kappa shape index (κ2) is 5.46. The maximum Gasteiger partial charge on any atom is 0.303 e. The molecule has 62 valence electrons. The average Bonchev–Trinajstić information content (AvgIpc) is 2.41. The number of carboxylic acids is 1. The van der Waals surface area contributed by atoms with E-state index in [0.717, 1.165) is 5.69 Å². The van der Waals surface area contributed by atoms with Crippen LogP contribution in [0.2, 0.25) is 0 Å². The molecule has 11 heavy (non-hydrogen) atoms. The Labute approximate surface area is 64.8 Å². The van der Waals surface area contributed by atoms with Gasteiger partial charge < -0.3 is 9.63 Å². The van der Waals surface area contributed by atoms with Crippen LogP contribution < -0.4 is 0 Å². The van der Waals surface area contributed by atoms with Gasteiger partial charge in [-0.2, -0.15) is 0 Å². The molecule has 0 unspecified atom stereocenters. The van der Waals surface area contributed by atoms with Gasteiger partial charge in [0.2, 0.25) is 0 Å². The molecule has 1 aromatic rings. The molecule has 0 aromatic carbocycles. The Morgan fingerprint density at radius 3 is 2.45 bits per heavy atom. The highest BCUT2D eigenvalue weighted by Gasteiger charge is 1.80. The molecule has 0 spiro atoms. The lowest BCUT2D eigenvalue weighted by molar-refractivity contribution is -0.136. The molecule has 0 atom stereocenters. The highest BCUT2D eigenvalue weighted by Crippen LogP contribution is 1.86. The van der Waals surface area contributed by atoms with E-state index in [2.05, 4.69) is 9.68 Å². The molecule has 1 aromatic heterocycles. The van der Waals surface area contributed by atoms with Gasteiger partial charge in [-0.25, -0.2) is 0 Å². The smallest absolute Gasteiger partial charge is 0.303 e. The van der Waals surface area contributed by atoms with E-state index in [4.69, 9.17) is 5.11 Å². The molecule has 1 rings (SSSR count). The summed E-state index contributed by atoms with van der Waals surface area (Å²) >= 11 is 0. The van der Waals surface area contributed by atoms with Gasteiger partial charge in [0.05, 0.1) is 5.69 Å². The van der Waals surface area contributed by atoms with Gasteiger partial charge in [-0.3, -0.25) is 4.79 Å². The zero-order chi connectivity index (χ0) is 8.69. The van der Waals surface area contributed by atoms with Crippen LogP contribution in [-0.2, 0) is 4.79 Å². The normalized spacial score (nSPS) is 8.18. The summed E-state index contributed by atoms with van der Waals surface area (Å²) in [5, 5.41) is 11.3. The van der Waals surface area contributed by atoms with Crippen LogP contribution in [0.25, 0.3) is 0 Å². The van der Waals surface area contributed by atoms with Gasteiger partial charge in [-0.1, -0.05) is 12.1 Å². The van der Waals surface area contributed by atoms with Crippen LogP contribution in [-0.4, -0.2) is 16.2 Å². The minimum Gasteiger partial charge on any atom is -0.481 e. The number of hydrogen-bond acceptors (Lipinski definition) is 3. The van der Waals surface area contributed by atoms with Gasteiger partial charge >= 0.3 is 5.97 Å². The second-order valence-electron chi connectivity index (χ2n) is 1.89. The van der Waals surface area contributed by atoms with E-state index in [1.807, 2.05) is 6.92 Å². The first kappa shape index (κ1) is 9.68. The largest absolute Gasteiger partial charge is 0.481 e. The minimum atomic E-state index is -0.745. The van der Waals surface area contributed by atoms with Crippen molar-refractivity contribution in [3.05, 3.63) is 18.0 Å². The Morgan fingerprint density at radius 1 is 1.82 bits per heavy atom. The molecular weight excluding hydrogens is 146 g/mol. The molecule has 0 aliphatic heterocycles. The van der Waals surface area contributed by atoms with Crippen LogP contribution in [0, 0.1) is 6.92 Å². The van der Waals surface area contributed by atoms with Crippen LogP contribution in [0.5, 0.6) is 0 Å². The van der Waals surface area contributed by atoms with E-state index in [-0.39, 0.29) is 6.42 Å². The number of carbonyl (C=O) groups is 1. The highest BCUT2D eigenvalue weighted by molar-refractivity contribution is 5.66. The van der Waals surface area contributed by atoms with Crippen molar-refractivity contribution >= 4 is 5.97 Å². The Morgan fingerprint density at radius 2 is 2.36 bits per heavy atom. The van der Waals surface area contributed by atoms with E-state index in [0.29, 0.717) is 0 Å². The third-order valence-electron chi connectivity index (χ3n) is 0.869. The van der Waals surface area contributed by atoms with E-state index in [1.54, 1.807) is 19.3 Å². The van der Waals surface area contributed by atoms with Gasteiger partial charge in [-0.15, -0.1) is 0 Å². The number of aliphatic carboxylic acids is 1. The number of hydrogen-bond donors (Lipinski definition) is 1. The summed E-state index contributed by atoms with van der Waals surface area (Å²) < 4.78 is 4.46. The maximum absolute atomic E-state index is 9.37. The lowest BCUT2D eigenvalue weighted by Gasteiger charge is -1.71. The molecule has 4 nitrogen and oxygen atoms in total. The molecule has 0 aliphatic carbocycles. The van der Waals surface area contributed by atoms with Gasteiger partial charge in [0.1, 0.15) is 6.26 Å². The number of nitrogens with zero attached hydrogens (tertiary/aromatic N) is 1. The summed E-state index contributed by atoms with van der Waals surface area (Å²) in [6, 6.07) is 1.81. The van der Waals surface area contributed by atoms with Crippen molar-refractivity contribution in [1.29, 1.82) is 0 Å². The molecule has 4 heteroatoms. The molecular formula is C7H11NO3. The number of aryl methyl sites for hydroxylation is 1. The first-order valence-electron chi connectivity index (χ1n) is 3.25. The predicted molar refractivity (Wildman–Crippen MR) is 39.2 cm³/mol. The lowest BCUT2D eigenvalue weighted by Crippen LogP contribution is -1.86. The average molecular weight is 157 g/mol. The lowest BCUT2D eigenvalue weighted by atomic mass is 10.5. The quantitative estimate of drug-likeness (QED) is 0.670. The Bertz CT molecular complexity index is 193. The van der Waals surface area contributed by atoms with E-state index >= 15 is 0 Å². The molecule has 0 amide bonds. The standard InChI is InChI=1S/C4H5NO.C3H6O2/c1-4-2-3-6-5-4;1-2-3(4)5/h2-3H,1H3;2H2,1H3,(H,4,5). The maximum atomic E-state index is 9.37. The van der Waals surface area contributed by atoms with E-state index in [9.17, 15) is 4.79 Å². The summed E-state index contributed by atoms with van der Waals surface area (Å²) in [5.74, 6) is -0.745. The summed E-state index contributed by atoms with van der Waals surface area (Å²) in [4.78, 5) is 9.37. The van der Waals surface area contributed by atoms with Crippen LogP contribution in [0.4, 0.5) is 0 Å². The fraction of sp³-hybridized carbons (Fsp3) is 0.429. The molecule has 1 heterocycles. The third-order valence-corrected chi connectivity index (χ3v) is 0.869. The van der Waals surface area contributed by atoms with Crippen molar-refractivity contribution in [2.24, 2.45) is 0 Å². The zero-order valence-corrected chi connectivity index (χ0v) is 6.57. The Balaban J connectivity index is 0.000000187. The summed E-state index contributed by atoms with van der Waals surface area (Å²) in [7, 11) is 0. The SMILES string of the molecule is CCC(=O)O.Cc1ccon1. The first-order chi connectivity index (χ1) is 5.16. The van der Waals surface area contributed by atoms with Crippen molar-refractivity contribution in [1.82, 2.24) is 5.16 Å². The molecule has 0 aliphatic rings. The van der Waals surface area contributed by atoms with Crippen molar-refractivity contribution in [3.63, 3.8) is 0 Å². The van der Waals surface area contributed by atoms with Crippen LogP contribution in [0.1, 0.15) is 19.0 Å². The highest BCUT2D eigenvalue weighted by atomic mass is 16.5. The minimum absolute atomic E-state index is 0.222. The zero-order valence-electron chi connectivity index (χ0n) is 6.57. The van der Waals surface area contributed by atoms with Crippen molar-refractivity contribution < 1.29 is 14.4 Å². The predicted octanol–water partition coefficient (Wildman–Crippen LogP) is 1.46. The Kier molecular flexibility index (Phi) is 4.81. The van der Waals surface area contributed by atoms with Gasteiger partial charge in [0, 0.05) is 12.5 Å². The first-order valence-corrected chi connectivity index (χ1v) is 3.25. The van der Waals surface area contributed by atoms with Crippen molar-refractivity contribution in [3.8, 4) is 0 Å². The van der Waals surface area contributed by atoms with Gasteiger partial charge in [-0.05, 0) is 6.92 Å². The monoisotopic (exact) mass is 157 g/mol. The number of rotatable bonds is 1. The third kappa shape index (κ3) is 6.57. The topological polar surface area (TPSA) is 63.3 Å². The van der Waals surface area contributed by atoms with E-state index in [1.165, 1.54) is 0 Å². The van der Waals surface area contributed by atoms with Crippen LogP contribution in [0.3, 0.4) is 0 Å². The molecule has 0 saturated carbocycles. The second-order valence-corrected chi connectivity index (χ2v) is 1.89. The fourth-order valence-electron chi connectivity index (χ4n) is 0.273. The van der Waals surface area contributed by atoms with Gasteiger partial charge in [0.25, 0.3) is 0 Å². The molecule has 1 N–H and O–H groups in total. The summed E-state index contributed by atoms with van der Waals surface area (Å²) in [6.45, 7) is 3.48. The van der Waals surface area contributed by atoms with E-state index < -0.39 is 5.97 Å². The van der Waals surface area contributed by atoms with Crippen molar-refractivity contribution in [2.75, 3.05) is 0 Å². The molecule has 0 saturated heterocycles. The Hall–Kier alpha value is -1.32. The molecule has 0 bridgehead atoms.